The number of carbonyl (C=O) groups excluding carboxylic acids is 2. The molecule has 1 heterocycles. The number of ketones is 1. The minimum atomic E-state index is -0.527. The third kappa shape index (κ3) is 3.17. The molecule has 0 radical (unpaired) electrons. The van der Waals surface area contributed by atoms with Crippen LogP contribution < -0.4 is 5.32 Å². The van der Waals surface area contributed by atoms with E-state index in [0.29, 0.717) is 12.0 Å². The number of hydrogen-bond acceptors (Lipinski definition) is 4. The van der Waals surface area contributed by atoms with E-state index in [2.05, 4.69) is 5.32 Å². The molecule has 1 N–H and O–H groups in total. The summed E-state index contributed by atoms with van der Waals surface area (Å²) in [4.78, 5) is 23.1. The highest BCUT2D eigenvalue weighted by atomic mass is 32.2. The molecule has 3 nitrogen and oxygen atoms in total. The number of Topliss-reactive ketones (excluding diaryl/α,β-unsaturated/α-hetero) is 1. The Balaban J connectivity index is 2.02. The summed E-state index contributed by atoms with van der Waals surface area (Å²) in [5.74, 6) is 0.450. The molecule has 1 aliphatic heterocycles. The van der Waals surface area contributed by atoms with Crippen LogP contribution in [0.2, 0.25) is 0 Å². The van der Waals surface area contributed by atoms with Crippen molar-refractivity contribution in [2.45, 2.75) is 11.8 Å². The molecule has 2 atom stereocenters. The minimum Gasteiger partial charge on any atom is -0.304 e. The summed E-state index contributed by atoms with van der Waals surface area (Å²) in [6, 6.07) is 9.01. The summed E-state index contributed by atoms with van der Waals surface area (Å²) in [5.41, 5.74) is 0.618. The van der Waals surface area contributed by atoms with Gasteiger partial charge in [0.15, 0.2) is 5.78 Å². The van der Waals surface area contributed by atoms with Gasteiger partial charge in [0.25, 0.3) is 0 Å². The maximum Gasteiger partial charge on any atom is 0.173 e. The van der Waals surface area contributed by atoms with Crippen LogP contribution in [0.25, 0.3) is 0 Å². The fourth-order valence-corrected chi connectivity index (χ4v) is 3.00. The predicted octanol–water partition coefficient (Wildman–Crippen LogP) is 1.74. The average molecular weight is 249 g/mol. The maximum absolute atomic E-state index is 12.1. The van der Waals surface area contributed by atoms with E-state index < -0.39 is 5.92 Å². The van der Waals surface area contributed by atoms with E-state index in [4.69, 9.17) is 0 Å². The van der Waals surface area contributed by atoms with Crippen molar-refractivity contribution in [3.63, 3.8) is 0 Å². The summed E-state index contributed by atoms with van der Waals surface area (Å²) in [5, 5.41) is 3.51. The zero-order valence-electron chi connectivity index (χ0n) is 9.46. The molecule has 0 aliphatic carbocycles. The van der Waals surface area contributed by atoms with Crippen LogP contribution in [0, 0.1) is 5.92 Å². The predicted molar refractivity (Wildman–Crippen MR) is 69.2 cm³/mol. The van der Waals surface area contributed by atoms with Crippen LogP contribution in [0.5, 0.6) is 0 Å². The standard InChI is InChI=1S/C13H15NO2S/c15-9-11(8-12-14-6-7-17-12)13(16)10-4-2-1-3-5-10/h1-5,9,11-12,14H,6-8H2. The average Bonchev–Trinajstić information content (AvgIpc) is 2.89. The smallest absolute Gasteiger partial charge is 0.173 e. The van der Waals surface area contributed by atoms with Crippen molar-refractivity contribution < 1.29 is 9.59 Å². The van der Waals surface area contributed by atoms with E-state index in [9.17, 15) is 9.59 Å². The van der Waals surface area contributed by atoms with Crippen molar-refractivity contribution in [1.29, 1.82) is 0 Å². The monoisotopic (exact) mass is 249 g/mol. The first kappa shape index (κ1) is 12.3. The fraction of sp³-hybridized carbons (Fsp3) is 0.385. The van der Waals surface area contributed by atoms with E-state index in [0.717, 1.165) is 18.6 Å². The fourth-order valence-electron chi connectivity index (χ4n) is 1.90. The first-order chi connectivity index (χ1) is 8.31. The number of thioether (sulfide) groups is 1. The highest BCUT2D eigenvalue weighted by Crippen LogP contribution is 2.22. The zero-order valence-corrected chi connectivity index (χ0v) is 10.3. The molecule has 0 amide bonds. The van der Waals surface area contributed by atoms with E-state index in [-0.39, 0.29) is 11.2 Å². The third-order valence-corrected chi connectivity index (χ3v) is 4.02. The molecule has 1 aromatic rings. The number of aldehydes is 1. The minimum absolute atomic E-state index is 0.0742. The number of hydrogen-bond donors (Lipinski definition) is 1. The van der Waals surface area contributed by atoms with Crippen molar-refractivity contribution in [2.24, 2.45) is 5.92 Å². The lowest BCUT2D eigenvalue weighted by molar-refractivity contribution is -0.110. The van der Waals surface area contributed by atoms with Gasteiger partial charge in [-0.1, -0.05) is 30.3 Å². The van der Waals surface area contributed by atoms with Gasteiger partial charge in [-0.05, 0) is 6.42 Å². The van der Waals surface area contributed by atoms with Crippen molar-refractivity contribution in [3.05, 3.63) is 35.9 Å². The lowest BCUT2D eigenvalue weighted by Crippen LogP contribution is -2.27. The van der Waals surface area contributed by atoms with Gasteiger partial charge in [0.2, 0.25) is 0 Å². The van der Waals surface area contributed by atoms with Gasteiger partial charge in [0.05, 0.1) is 11.3 Å². The second kappa shape index (κ2) is 5.98. The Morgan fingerprint density at radius 3 is 2.82 bits per heavy atom. The Morgan fingerprint density at radius 2 is 2.24 bits per heavy atom. The van der Waals surface area contributed by atoms with Crippen molar-refractivity contribution in [3.8, 4) is 0 Å². The molecule has 1 aromatic carbocycles. The van der Waals surface area contributed by atoms with Crippen LogP contribution in [0.4, 0.5) is 0 Å². The van der Waals surface area contributed by atoms with Crippen LogP contribution >= 0.6 is 11.8 Å². The molecular weight excluding hydrogens is 234 g/mol. The number of nitrogens with one attached hydrogen (secondary N) is 1. The quantitative estimate of drug-likeness (QED) is 0.490. The van der Waals surface area contributed by atoms with Crippen molar-refractivity contribution in [2.75, 3.05) is 12.3 Å². The van der Waals surface area contributed by atoms with Crippen LogP contribution in [0.3, 0.4) is 0 Å². The lowest BCUT2D eigenvalue weighted by atomic mass is 9.96. The van der Waals surface area contributed by atoms with Gasteiger partial charge in [0, 0.05) is 17.9 Å². The molecule has 0 aromatic heterocycles. The Hall–Kier alpha value is -1.13. The second-order valence-electron chi connectivity index (χ2n) is 4.02. The molecule has 1 fully saturated rings. The van der Waals surface area contributed by atoms with E-state index in [1.54, 1.807) is 23.9 Å². The number of carbonyl (C=O) groups is 2. The van der Waals surface area contributed by atoms with Crippen LogP contribution in [0.15, 0.2) is 30.3 Å². The highest BCUT2D eigenvalue weighted by Gasteiger charge is 2.25. The molecule has 2 rings (SSSR count). The topological polar surface area (TPSA) is 46.2 Å². The molecule has 4 heteroatoms. The first-order valence-electron chi connectivity index (χ1n) is 5.71. The van der Waals surface area contributed by atoms with Gasteiger partial charge in [0.1, 0.15) is 6.29 Å². The molecule has 1 aliphatic rings. The molecule has 0 bridgehead atoms. The Bertz CT molecular complexity index is 388. The summed E-state index contributed by atoms with van der Waals surface area (Å²) in [6.07, 6.45) is 1.36. The second-order valence-corrected chi connectivity index (χ2v) is 5.33. The van der Waals surface area contributed by atoms with E-state index in [1.807, 2.05) is 18.2 Å². The summed E-state index contributed by atoms with van der Waals surface area (Å²) in [6.45, 7) is 0.959. The van der Waals surface area contributed by atoms with Gasteiger partial charge in [-0.25, -0.2) is 0 Å². The van der Waals surface area contributed by atoms with E-state index >= 15 is 0 Å². The Morgan fingerprint density at radius 1 is 1.47 bits per heavy atom. The summed E-state index contributed by atoms with van der Waals surface area (Å²) in [7, 11) is 0. The van der Waals surface area contributed by atoms with Crippen LogP contribution in [-0.2, 0) is 4.79 Å². The molecular formula is C13H15NO2S. The van der Waals surface area contributed by atoms with Gasteiger partial charge >= 0.3 is 0 Å². The normalized spacial score (nSPS) is 21.1. The Kier molecular flexibility index (Phi) is 4.34. The van der Waals surface area contributed by atoms with Crippen LogP contribution in [-0.4, -0.2) is 29.7 Å². The van der Waals surface area contributed by atoms with E-state index in [1.165, 1.54) is 0 Å². The highest BCUT2D eigenvalue weighted by molar-refractivity contribution is 8.00. The molecule has 17 heavy (non-hydrogen) atoms. The van der Waals surface area contributed by atoms with Gasteiger partial charge < -0.3 is 10.1 Å². The Labute approximate surface area is 105 Å². The van der Waals surface area contributed by atoms with Gasteiger partial charge in [-0.3, -0.25) is 4.79 Å². The van der Waals surface area contributed by atoms with Gasteiger partial charge in [-0.15, -0.1) is 11.8 Å². The zero-order chi connectivity index (χ0) is 12.1. The SMILES string of the molecule is O=CC(CC1NCCS1)C(=O)c1ccccc1. The lowest BCUT2D eigenvalue weighted by Gasteiger charge is -2.14. The van der Waals surface area contributed by atoms with Gasteiger partial charge in [-0.2, -0.15) is 0 Å². The summed E-state index contributed by atoms with van der Waals surface area (Å²) >= 11 is 1.78. The third-order valence-electron chi connectivity index (χ3n) is 2.82. The molecule has 0 saturated carbocycles. The maximum atomic E-state index is 12.1. The van der Waals surface area contributed by atoms with Crippen molar-refractivity contribution in [1.82, 2.24) is 5.32 Å². The number of rotatable bonds is 5. The number of benzene rings is 1. The summed E-state index contributed by atoms with van der Waals surface area (Å²) < 4.78 is 0. The first-order valence-corrected chi connectivity index (χ1v) is 6.75. The largest absolute Gasteiger partial charge is 0.304 e. The molecule has 1 saturated heterocycles. The molecule has 90 valence electrons. The molecule has 2 unspecified atom stereocenters. The van der Waals surface area contributed by atoms with Crippen LogP contribution in [0.1, 0.15) is 16.8 Å². The van der Waals surface area contributed by atoms with Crippen molar-refractivity contribution >= 4 is 23.8 Å². The molecule has 0 spiro atoms.